The average molecular weight is 306 g/mol. The van der Waals surface area contributed by atoms with E-state index in [0.717, 1.165) is 16.7 Å². The molecule has 0 aliphatic carbocycles. The number of rotatable bonds is 3. The number of nitrogen functional groups attached to an aromatic ring is 1. The highest BCUT2D eigenvalue weighted by Gasteiger charge is 2.18. The summed E-state index contributed by atoms with van der Waals surface area (Å²) in [5.41, 5.74) is 8.88. The van der Waals surface area contributed by atoms with Gasteiger partial charge < -0.3 is 15.6 Å². The maximum atomic E-state index is 11.3. The normalized spacial score (nSPS) is 10.5. The van der Waals surface area contributed by atoms with Gasteiger partial charge in [0.2, 0.25) is 0 Å². The molecule has 0 saturated heterocycles. The van der Waals surface area contributed by atoms with E-state index in [2.05, 4.69) is 0 Å². The second-order valence-corrected chi connectivity index (χ2v) is 5.40. The molecule has 0 fully saturated rings. The summed E-state index contributed by atoms with van der Waals surface area (Å²) in [7, 11) is 0. The standard InChI is InChI=1S/C16H16ClNO3/c1-8-4-9(2)10(3)14(5-8)21-15-12(16(19)20)6-11(18)7-13(15)17/h4-7H,18H2,1-3H3,(H,19,20). The van der Waals surface area contributed by atoms with Crippen LogP contribution in [-0.2, 0) is 0 Å². The van der Waals surface area contributed by atoms with Gasteiger partial charge in [-0.1, -0.05) is 17.7 Å². The molecule has 0 unspecified atom stereocenters. The van der Waals surface area contributed by atoms with Gasteiger partial charge in [-0.25, -0.2) is 4.79 Å². The number of aryl methyl sites for hydroxylation is 2. The van der Waals surface area contributed by atoms with Crippen molar-refractivity contribution in [2.24, 2.45) is 0 Å². The molecule has 0 heterocycles. The molecule has 0 spiro atoms. The molecule has 2 rings (SSSR count). The zero-order valence-corrected chi connectivity index (χ0v) is 12.8. The van der Waals surface area contributed by atoms with E-state index in [1.54, 1.807) is 0 Å². The lowest BCUT2D eigenvalue weighted by Crippen LogP contribution is -2.03. The zero-order valence-electron chi connectivity index (χ0n) is 12.0. The highest BCUT2D eigenvalue weighted by Crippen LogP contribution is 2.37. The third kappa shape index (κ3) is 3.11. The third-order valence-corrected chi connectivity index (χ3v) is 3.55. The Morgan fingerprint density at radius 1 is 1.19 bits per heavy atom. The van der Waals surface area contributed by atoms with Gasteiger partial charge in [-0.15, -0.1) is 0 Å². The molecular weight excluding hydrogens is 290 g/mol. The predicted octanol–water partition coefficient (Wildman–Crippen LogP) is 4.34. The summed E-state index contributed by atoms with van der Waals surface area (Å²) in [5.74, 6) is -0.450. The molecule has 0 radical (unpaired) electrons. The van der Waals surface area contributed by atoms with E-state index in [1.165, 1.54) is 12.1 Å². The predicted molar refractivity (Wildman–Crippen MR) is 83.6 cm³/mol. The highest BCUT2D eigenvalue weighted by molar-refractivity contribution is 6.33. The fraction of sp³-hybridized carbons (Fsp3) is 0.188. The molecule has 0 saturated carbocycles. The van der Waals surface area contributed by atoms with Gasteiger partial charge in [0, 0.05) is 5.69 Å². The molecule has 0 bridgehead atoms. The number of benzene rings is 2. The van der Waals surface area contributed by atoms with Gasteiger partial charge in [-0.3, -0.25) is 0 Å². The van der Waals surface area contributed by atoms with Crippen molar-refractivity contribution in [1.29, 1.82) is 0 Å². The van der Waals surface area contributed by atoms with E-state index in [9.17, 15) is 9.90 Å². The van der Waals surface area contributed by atoms with Crippen LogP contribution in [0.3, 0.4) is 0 Å². The summed E-state index contributed by atoms with van der Waals surface area (Å²) in [4.78, 5) is 11.3. The maximum Gasteiger partial charge on any atom is 0.339 e. The maximum absolute atomic E-state index is 11.3. The first-order valence-electron chi connectivity index (χ1n) is 6.37. The summed E-state index contributed by atoms with van der Waals surface area (Å²) in [6, 6.07) is 6.69. The third-order valence-electron chi connectivity index (χ3n) is 3.27. The van der Waals surface area contributed by atoms with E-state index in [1.807, 2.05) is 32.9 Å². The van der Waals surface area contributed by atoms with Gasteiger partial charge in [0.15, 0.2) is 5.75 Å². The summed E-state index contributed by atoms with van der Waals surface area (Å²) in [6.45, 7) is 5.83. The molecule has 21 heavy (non-hydrogen) atoms. The molecule has 4 nitrogen and oxygen atoms in total. The van der Waals surface area contributed by atoms with Crippen molar-refractivity contribution in [3.05, 3.63) is 51.5 Å². The number of hydrogen-bond donors (Lipinski definition) is 2. The molecule has 2 aromatic carbocycles. The minimum Gasteiger partial charge on any atom is -0.478 e. The van der Waals surface area contributed by atoms with Gasteiger partial charge >= 0.3 is 5.97 Å². The van der Waals surface area contributed by atoms with E-state index in [-0.39, 0.29) is 22.0 Å². The quantitative estimate of drug-likeness (QED) is 0.827. The molecule has 5 heteroatoms. The smallest absolute Gasteiger partial charge is 0.339 e. The van der Waals surface area contributed by atoms with E-state index in [0.29, 0.717) is 5.75 Å². The van der Waals surface area contributed by atoms with Crippen molar-refractivity contribution in [3.63, 3.8) is 0 Å². The summed E-state index contributed by atoms with van der Waals surface area (Å²) < 4.78 is 5.78. The molecule has 0 atom stereocenters. The number of ether oxygens (including phenoxy) is 1. The topological polar surface area (TPSA) is 72.5 Å². The Morgan fingerprint density at radius 3 is 2.48 bits per heavy atom. The van der Waals surface area contributed by atoms with Crippen molar-refractivity contribution in [3.8, 4) is 11.5 Å². The summed E-state index contributed by atoms with van der Waals surface area (Å²) in [5, 5.41) is 9.45. The number of hydrogen-bond acceptors (Lipinski definition) is 3. The van der Waals surface area contributed by atoms with Crippen LogP contribution >= 0.6 is 11.6 Å². The minimum absolute atomic E-state index is 0.0569. The Hall–Kier alpha value is -2.20. The lowest BCUT2D eigenvalue weighted by Gasteiger charge is -2.15. The molecule has 0 amide bonds. The highest BCUT2D eigenvalue weighted by atomic mass is 35.5. The lowest BCUT2D eigenvalue weighted by atomic mass is 10.1. The molecular formula is C16H16ClNO3. The fourth-order valence-electron chi connectivity index (χ4n) is 2.09. The average Bonchev–Trinajstić information content (AvgIpc) is 2.37. The van der Waals surface area contributed by atoms with Crippen molar-refractivity contribution < 1.29 is 14.6 Å². The SMILES string of the molecule is Cc1cc(C)c(C)c(Oc2c(Cl)cc(N)cc2C(=O)O)c1. The number of aromatic carboxylic acids is 1. The number of nitrogens with two attached hydrogens (primary N) is 1. The largest absolute Gasteiger partial charge is 0.478 e. The van der Waals surface area contributed by atoms with Gasteiger partial charge in [-0.2, -0.15) is 0 Å². The number of carboxylic acid groups (broad SMARTS) is 1. The Labute approximate surface area is 128 Å². The van der Waals surface area contributed by atoms with Crippen molar-refractivity contribution in [1.82, 2.24) is 0 Å². The van der Waals surface area contributed by atoms with E-state index < -0.39 is 5.97 Å². The molecule has 110 valence electrons. The van der Waals surface area contributed by atoms with Crippen molar-refractivity contribution in [2.75, 3.05) is 5.73 Å². The minimum atomic E-state index is -1.14. The van der Waals surface area contributed by atoms with Crippen LogP contribution in [0.1, 0.15) is 27.0 Å². The number of carbonyl (C=O) groups is 1. The first-order chi connectivity index (χ1) is 9.79. The van der Waals surface area contributed by atoms with Gasteiger partial charge in [0.1, 0.15) is 11.3 Å². The molecule has 2 aromatic rings. The second-order valence-electron chi connectivity index (χ2n) is 4.99. The van der Waals surface area contributed by atoms with E-state index in [4.69, 9.17) is 22.1 Å². The zero-order chi connectivity index (χ0) is 15.7. The van der Waals surface area contributed by atoms with Crippen LogP contribution in [0.15, 0.2) is 24.3 Å². The first kappa shape index (κ1) is 15.2. The van der Waals surface area contributed by atoms with Crippen molar-refractivity contribution in [2.45, 2.75) is 20.8 Å². The van der Waals surface area contributed by atoms with Crippen LogP contribution in [0.25, 0.3) is 0 Å². The molecule has 0 aliphatic heterocycles. The van der Waals surface area contributed by atoms with Crippen LogP contribution in [0, 0.1) is 20.8 Å². The number of carboxylic acids is 1. The Morgan fingerprint density at radius 2 is 1.86 bits per heavy atom. The molecule has 0 aliphatic rings. The van der Waals surface area contributed by atoms with E-state index >= 15 is 0 Å². The molecule has 3 N–H and O–H groups in total. The number of anilines is 1. The van der Waals surface area contributed by atoms with Crippen LogP contribution in [0.2, 0.25) is 5.02 Å². The second kappa shape index (κ2) is 5.66. The molecule has 0 aromatic heterocycles. The van der Waals surface area contributed by atoms with Crippen LogP contribution < -0.4 is 10.5 Å². The van der Waals surface area contributed by atoms with Gasteiger partial charge in [0.05, 0.1) is 5.02 Å². The van der Waals surface area contributed by atoms with Gasteiger partial charge in [-0.05, 0) is 55.7 Å². The lowest BCUT2D eigenvalue weighted by molar-refractivity contribution is 0.0694. The summed E-state index contributed by atoms with van der Waals surface area (Å²) in [6.07, 6.45) is 0. The van der Waals surface area contributed by atoms with Crippen molar-refractivity contribution >= 4 is 23.3 Å². The fourth-order valence-corrected chi connectivity index (χ4v) is 2.36. The Balaban J connectivity index is 2.57. The van der Waals surface area contributed by atoms with Crippen LogP contribution in [0.4, 0.5) is 5.69 Å². The number of halogens is 1. The Bertz CT molecular complexity index is 726. The summed E-state index contributed by atoms with van der Waals surface area (Å²) >= 11 is 6.09. The van der Waals surface area contributed by atoms with Crippen LogP contribution in [-0.4, -0.2) is 11.1 Å². The Kier molecular flexibility index (Phi) is 4.09. The monoisotopic (exact) mass is 305 g/mol. The van der Waals surface area contributed by atoms with Gasteiger partial charge in [0.25, 0.3) is 0 Å². The first-order valence-corrected chi connectivity index (χ1v) is 6.75. The van der Waals surface area contributed by atoms with Crippen LogP contribution in [0.5, 0.6) is 11.5 Å².